The molecule has 7 heteroatoms. The van der Waals surface area contributed by atoms with Crippen molar-refractivity contribution < 1.29 is 8.42 Å². The highest BCUT2D eigenvalue weighted by molar-refractivity contribution is 9.10. The molecule has 2 aromatic rings. The van der Waals surface area contributed by atoms with Crippen molar-refractivity contribution in [3.8, 4) is 0 Å². The summed E-state index contributed by atoms with van der Waals surface area (Å²) in [5.74, 6) is 0. The number of halogens is 2. The smallest absolute Gasteiger partial charge is 0.262 e. The van der Waals surface area contributed by atoms with E-state index in [1.54, 1.807) is 12.1 Å². The second-order valence-corrected chi connectivity index (χ2v) is 7.54. The predicted octanol–water partition coefficient (Wildman–Crippen LogP) is 3.97. The van der Waals surface area contributed by atoms with E-state index >= 15 is 0 Å². The summed E-state index contributed by atoms with van der Waals surface area (Å²) in [6.07, 6.45) is 0. The van der Waals surface area contributed by atoms with Crippen LogP contribution in [0, 0.1) is 0 Å². The van der Waals surface area contributed by atoms with Crippen molar-refractivity contribution in [2.24, 2.45) is 0 Å². The maximum atomic E-state index is 12.4. The van der Waals surface area contributed by atoms with Gasteiger partial charge in [-0.05, 0) is 46.3 Å². The van der Waals surface area contributed by atoms with Gasteiger partial charge in [-0.15, -0.1) is 0 Å². The van der Waals surface area contributed by atoms with Crippen LogP contribution in [0.1, 0.15) is 0 Å². The predicted molar refractivity (Wildman–Crippen MR) is 90.7 cm³/mol. The van der Waals surface area contributed by atoms with Crippen LogP contribution < -0.4 is 9.62 Å². The van der Waals surface area contributed by atoms with Crippen LogP contribution in [0.5, 0.6) is 0 Å². The Balaban J connectivity index is 2.40. The van der Waals surface area contributed by atoms with Crippen LogP contribution in [-0.4, -0.2) is 22.5 Å². The van der Waals surface area contributed by atoms with E-state index in [1.165, 1.54) is 18.2 Å². The number of hydrogen-bond donors (Lipinski definition) is 1. The first-order chi connectivity index (χ1) is 9.81. The van der Waals surface area contributed by atoms with Gasteiger partial charge in [0.2, 0.25) is 0 Å². The number of benzene rings is 2. The van der Waals surface area contributed by atoms with Crippen LogP contribution in [0.25, 0.3) is 0 Å². The third-order valence-corrected chi connectivity index (χ3v) is 5.41. The summed E-state index contributed by atoms with van der Waals surface area (Å²) < 4.78 is 28.0. The van der Waals surface area contributed by atoms with Crippen molar-refractivity contribution in [2.75, 3.05) is 23.7 Å². The number of hydrogen-bond acceptors (Lipinski definition) is 3. The number of rotatable bonds is 4. The normalized spacial score (nSPS) is 11.2. The van der Waals surface area contributed by atoms with Gasteiger partial charge in [-0.25, -0.2) is 8.42 Å². The molecule has 0 spiro atoms. The molecule has 0 aromatic heterocycles. The Bertz CT molecular complexity index is 763. The molecule has 0 aliphatic carbocycles. The molecule has 0 radical (unpaired) electrons. The second kappa shape index (κ2) is 6.25. The zero-order valence-electron chi connectivity index (χ0n) is 11.5. The molecule has 0 fully saturated rings. The lowest BCUT2D eigenvalue weighted by Gasteiger charge is -2.18. The van der Waals surface area contributed by atoms with Crippen LogP contribution in [0.15, 0.2) is 51.8 Å². The molecule has 0 saturated heterocycles. The minimum atomic E-state index is -3.67. The number of sulfonamides is 1. The summed E-state index contributed by atoms with van der Waals surface area (Å²) in [6.45, 7) is 0. The van der Waals surface area contributed by atoms with Gasteiger partial charge in [0, 0.05) is 18.6 Å². The SMILES string of the molecule is CN(C)c1ccccc1NS(=O)(=O)c1ccc(Cl)c(Br)c1. The second-order valence-electron chi connectivity index (χ2n) is 4.59. The summed E-state index contributed by atoms with van der Waals surface area (Å²) in [5, 5.41) is 0.461. The van der Waals surface area contributed by atoms with Crippen LogP contribution in [0.4, 0.5) is 11.4 Å². The fourth-order valence-electron chi connectivity index (χ4n) is 1.80. The number of nitrogens with one attached hydrogen (secondary N) is 1. The standard InChI is InChI=1S/C14H14BrClN2O2S/c1-18(2)14-6-4-3-5-13(14)17-21(19,20)10-7-8-12(16)11(15)9-10/h3-9,17H,1-2H3. The number of anilines is 2. The topological polar surface area (TPSA) is 49.4 Å². The Morgan fingerprint density at radius 3 is 2.43 bits per heavy atom. The molecule has 21 heavy (non-hydrogen) atoms. The molecule has 2 aromatic carbocycles. The Hall–Kier alpha value is -1.24. The number of nitrogens with zero attached hydrogens (tertiary/aromatic N) is 1. The summed E-state index contributed by atoms with van der Waals surface area (Å²) in [4.78, 5) is 1.99. The van der Waals surface area contributed by atoms with Gasteiger partial charge in [-0.3, -0.25) is 4.72 Å². The molecule has 0 heterocycles. The first-order valence-corrected chi connectivity index (χ1v) is 8.71. The van der Waals surface area contributed by atoms with E-state index in [0.29, 0.717) is 15.2 Å². The van der Waals surface area contributed by atoms with E-state index in [4.69, 9.17) is 11.6 Å². The van der Waals surface area contributed by atoms with Gasteiger partial charge in [0.25, 0.3) is 10.0 Å². The van der Waals surface area contributed by atoms with Crippen LogP contribution in [0.2, 0.25) is 5.02 Å². The third-order valence-electron chi connectivity index (χ3n) is 2.83. The molecule has 0 aliphatic heterocycles. The molecular weight excluding hydrogens is 376 g/mol. The van der Waals surface area contributed by atoms with Crippen molar-refractivity contribution in [1.82, 2.24) is 0 Å². The lowest BCUT2D eigenvalue weighted by Crippen LogP contribution is -2.17. The highest BCUT2D eigenvalue weighted by atomic mass is 79.9. The highest BCUT2D eigenvalue weighted by Gasteiger charge is 2.17. The molecule has 0 atom stereocenters. The summed E-state index contributed by atoms with van der Waals surface area (Å²) >= 11 is 9.12. The van der Waals surface area contributed by atoms with Gasteiger partial charge in [-0.1, -0.05) is 23.7 Å². The fourth-order valence-corrected chi connectivity index (χ4v) is 3.55. The Morgan fingerprint density at radius 2 is 1.81 bits per heavy atom. The molecule has 112 valence electrons. The Labute approximate surface area is 137 Å². The van der Waals surface area contributed by atoms with Crippen molar-refractivity contribution in [2.45, 2.75) is 4.90 Å². The van der Waals surface area contributed by atoms with Crippen molar-refractivity contribution >= 4 is 48.9 Å². The lowest BCUT2D eigenvalue weighted by molar-refractivity contribution is 0.601. The summed E-state index contributed by atoms with van der Waals surface area (Å²) in [5.41, 5.74) is 1.31. The number of para-hydroxylation sites is 2. The van der Waals surface area contributed by atoms with Gasteiger partial charge < -0.3 is 4.90 Å². The molecule has 4 nitrogen and oxygen atoms in total. The molecule has 0 amide bonds. The molecule has 0 unspecified atom stereocenters. The van der Waals surface area contributed by atoms with E-state index in [0.717, 1.165) is 5.69 Å². The van der Waals surface area contributed by atoms with E-state index in [2.05, 4.69) is 20.7 Å². The molecule has 1 N–H and O–H groups in total. The minimum Gasteiger partial charge on any atom is -0.376 e. The fraction of sp³-hybridized carbons (Fsp3) is 0.143. The molecule has 2 rings (SSSR count). The minimum absolute atomic E-state index is 0.146. The average molecular weight is 390 g/mol. The maximum absolute atomic E-state index is 12.4. The molecular formula is C14H14BrClN2O2S. The average Bonchev–Trinajstić information content (AvgIpc) is 2.41. The molecule has 0 saturated carbocycles. The van der Waals surface area contributed by atoms with E-state index in [-0.39, 0.29) is 4.90 Å². The zero-order chi connectivity index (χ0) is 15.6. The lowest BCUT2D eigenvalue weighted by atomic mass is 10.2. The van der Waals surface area contributed by atoms with E-state index < -0.39 is 10.0 Å². The maximum Gasteiger partial charge on any atom is 0.262 e. The van der Waals surface area contributed by atoms with Gasteiger partial charge in [0.1, 0.15) is 0 Å². The van der Waals surface area contributed by atoms with Crippen molar-refractivity contribution in [1.29, 1.82) is 0 Å². The van der Waals surface area contributed by atoms with Crippen LogP contribution in [0.3, 0.4) is 0 Å². The first-order valence-electron chi connectivity index (χ1n) is 6.05. The van der Waals surface area contributed by atoms with E-state index in [9.17, 15) is 8.42 Å². The van der Waals surface area contributed by atoms with Crippen LogP contribution >= 0.6 is 27.5 Å². The molecule has 0 aliphatic rings. The Morgan fingerprint density at radius 1 is 1.14 bits per heavy atom. The van der Waals surface area contributed by atoms with Crippen molar-refractivity contribution in [3.63, 3.8) is 0 Å². The van der Waals surface area contributed by atoms with Gasteiger partial charge in [0.05, 0.1) is 21.3 Å². The van der Waals surface area contributed by atoms with Crippen molar-refractivity contribution in [3.05, 3.63) is 52.0 Å². The molecule has 0 bridgehead atoms. The largest absolute Gasteiger partial charge is 0.376 e. The van der Waals surface area contributed by atoms with Gasteiger partial charge >= 0.3 is 0 Å². The third kappa shape index (κ3) is 3.70. The zero-order valence-corrected chi connectivity index (χ0v) is 14.6. The van der Waals surface area contributed by atoms with E-state index in [1.807, 2.05) is 31.1 Å². The van der Waals surface area contributed by atoms with Crippen LogP contribution in [-0.2, 0) is 10.0 Å². The Kier molecular flexibility index (Phi) is 4.81. The summed E-state index contributed by atoms with van der Waals surface area (Å²) in [6, 6.07) is 11.7. The quantitative estimate of drug-likeness (QED) is 0.861. The monoisotopic (exact) mass is 388 g/mol. The summed E-state index contributed by atoms with van der Waals surface area (Å²) in [7, 11) is 0.0325. The van der Waals surface area contributed by atoms with Gasteiger partial charge in [-0.2, -0.15) is 0 Å². The highest BCUT2D eigenvalue weighted by Crippen LogP contribution is 2.29. The first kappa shape index (κ1) is 16.1. The van der Waals surface area contributed by atoms with Gasteiger partial charge in [0.15, 0.2) is 0 Å².